The lowest BCUT2D eigenvalue weighted by molar-refractivity contribution is -0.144. The van der Waals surface area contributed by atoms with Crippen LogP contribution in [0.4, 0.5) is 5.69 Å². The van der Waals surface area contributed by atoms with Gasteiger partial charge in [0, 0.05) is 52.4 Å². The maximum atomic E-state index is 14.2. The highest BCUT2D eigenvalue weighted by atomic mass is 35.5. The standard InChI is InChI=1S/C27H29Cl2N3O3/c1-2-35-23(33)15-31-11-10-22-25(31)24(17-4-3-5-18(28)12-17)27(32(22)14-16-6-7-16)20-9-8-19(29)13-21(20)30-26(27)34/h3-5,8-9,12-13,16,22,24-25H,2,6-7,10-11,14-15H2,1H3,(H,30,34)/t22-,24-,25+,27+/m0/s1. The van der Waals surface area contributed by atoms with Gasteiger partial charge in [0.2, 0.25) is 5.91 Å². The fraction of sp³-hybridized carbons (Fsp3) is 0.481. The first-order chi connectivity index (χ1) is 16.9. The topological polar surface area (TPSA) is 61.9 Å². The SMILES string of the molecule is CCOC(=O)CN1CC[C@H]2[C@@H]1[C@H](c1cccc(Cl)c1)[C@]1(C(=O)Nc3cc(Cl)ccc31)N2CC1CC1. The van der Waals surface area contributed by atoms with Crippen molar-refractivity contribution in [3.8, 4) is 0 Å². The van der Waals surface area contributed by atoms with Crippen molar-refractivity contribution in [1.29, 1.82) is 0 Å². The summed E-state index contributed by atoms with van der Waals surface area (Å²) in [5, 5.41) is 4.40. The zero-order valence-corrected chi connectivity index (χ0v) is 21.2. The summed E-state index contributed by atoms with van der Waals surface area (Å²) >= 11 is 12.8. The predicted molar refractivity (Wildman–Crippen MR) is 136 cm³/mol. The Morgan fingerprint density at radius 2 is 1.94 bits per heavy atom. The van der Waals surface area contributed by atoms with Gasteiger partial charge in [0.15, 0.2) is 0 Å². The Balaban J connectivity index is 1.54. The molecule has 2 aromatic carbocycles. The van der Waals surface area contributed by atoms with Crippen LogP contribution in [0, 0.1) is 5.92 Å². The molecule has 184 valence electrons. The third kappa shape index (κ3) is 3.69. The van der Waals surface area contributed by atoms with Crippen molar-refractivity contribution in [3.05, 3.63) is 63.6 Å². The maximum absolute atomic E-state index is 14.2. The minimum atomic E-state index is -0.893. The number of esters is 1. The number of carbonyl (C=O) groups is 2. The third-order valence-electron chi connectivity index (χ3n) is 8.16. The number of nitrogens with one attached hydrogen (secondary N) is 1. The molecule has 3 heterocycles. The Morgan fingerprint density at radius 3 is 2.69 bits per heavy atom. The number of hydrogen-bond donors (Lipinski definition) is 1. The highest BCUT2D eigenvalue weighted by Crippen LogP contribution is 2.61. The highest BCUT2D eigenvalue weighted by Gasteiger charge is 2.69. The van der Waals surface area contributed by atoms with Gasteiger partial charge in [-0.2, -0.15) is 0 Å². The molecule has 0 aromatic heterocycles. The molecule has 0 radical (unpaired) electrons. The molecule has 4 aliphatic rings. The minimum absolute atomic E-state index is 0.0223. The number of fused-ring (bicyclic) bond motifs is 3. The average Bonchev–Trinajstić information content (AvgIpc) is 3.40. The number of rotatable bonds is 6. The number of anilines is 1. The Labute approximate surface area is 215 Å². The first-order valence-corrected chi connectivity index (χ1v) is 13.2. The average molecular weight is 514 g/mol. The Morgan fingerprint density at radius 1 is 1.14 bits per heavy atom. The van der Waals surface area contributed by atoms with Crippen molar-refractivity contribution in [2.45, 2.75) is 49.7 Å². The number of carbonyl (C=O) groups excluding carboxylic acids is 2. The predicted octanol–water partition coefficient (Wildman–Crippen LogP) is 4.66. The second-order valence-electron chi connectivity index (χ2n) is 10.2. The first-order valence-electron chi connectivity index (χ1n) is 12.5. The lowest BCUT2D eigenvalue weighted by atomic mass is 9.73. The van der Waals surface area contributed by atoms with Crippen molar-refractivity contribution >= 4 is 40.8 Å². The number of hydrogen-bond acceptors (Lipinski definition) is 5. The summed E-state index contributed by atoms with van der Waals surface area (Å²) in [5.74, 6) is 0.139. The number of ether oxygens (including phenoxy) is 1. The van der Waals surface area contributed by atoms with Gasteiger partial charge in [-0.25, -0.2) is 0 Å². The van der Waals surface area contributed by atoms with Crippen molar-refractivity contribution in [2.24, 2.45) is 5.92 Å². The summed E-state index contributed by atoms with van der Waals surface area (Å²) in [7, 11) is 0. The Bertz CT molecular complexity index is 1190. The molecule has 1 N–H and O–H groups in total. The highest BCUT2D eigenvalue weighted by molar-refractivity contribution is 6.31. The van der Waals surface area contributed by atoms with Gasteiger partial charge in [0.05, 0.1) is 13.2 Å². The summed E-state index contributed by atoms with van der Waals surface area (Å²) in [6.45, 7) is 4.05. The van der Waals surface area contributed by atoms with Crippen molar-refractivity contribution in [1.82, 2.24) is 9.80 Å². The molecule has 35 heavy (non-hydrogen) atoms. The molecule has 1 amide bonds. The van der Waals surface area contributed by atoms with Gasteiger partial charge in [0.25, 0.3) is 0 Å². The summed E-state index contributed by atoms with van der Waals surface area (Å²) in [5.41, 5.74) is 1.85. The van der Waals surface area contributed by atoms with Gasteiger partial charge in [-0.3, -0.25) is 19.4 Å². The molecular weight excluding hydrogens is 485 g/mol. The van der Waals surface area contributed by atoms with Gasteiger partial charge in [-0.15, -0.1) is 0 Å². The van der Waals surface area contributed by atoms with Gasteiger partial charge < -0.3 is 10.1 Å². The van der Waals surface area contributed by atoms with E-state index >= 15 is 0 Å². The van der Waals surface area contributed by atoms with E-state index in [-0.39, 0.29) is 36.4 Å². The molecule has 3 aliphatic heterocycles. The number of likely N-dealkylation sites (tertiary alicyclic amines) is 2. The van der Waals surface area contributed by atoms with Crippen LogP contribution >= 0.6 is 23.2 Å². The zero-order chi connectivity index (χ0) is 24.3. The first kappa shape index (κ1) is 23.3. The number of amides is 1. The molecular formula is C27H29Cl2N3O3. The summed E-state index contributed by atoms with van der Waals surface area (Å²) in [6.07, 6.45) is 3.27. The molecule has 0 unspecified atom stereocenters. The van der Waals surface area contributed by atoms with Crippen LogP contribution in [0.2, 0.25) is 10.0 Å². The quantitative estimate of drug-likeness (QED) is 0.569. The molecule has 2 aromatic rings. The van der Waals surface area contributed by atoms with Crippen LogP contribution < -0.4 is 5.32 Å². The van der Waals surface area contributed by atoms with E-state index in [0.717, 1.165) is 36.3 Å². The van der Waals surface area contributed by atoms with Crippen LogP contribution in [0.3, 0.4) is 0 Å². The van der Waals surface area contributed by atoms with Crippen LogP contribution in [-0.4, -0.2) is 60.0 Å². The molecule has 1 spiro atoms. The monoisotopic (exact) mass is 513 g/mol. The Kier molecular flexibility index (Phi) is 5.83. The summed E-state index contributed by atoms with van der Waals surface area (Å²) in [4.78, 5) is 31.4. The molecule has 8 heteroatoms. The molecule has 2 saturated heterocycles. The van der Waals surface area contributed by atoms with E-state index in [0.29, 0.717) is 22.6 Å². The lowest BCUT2D eigenvalue weighted by Gasteiger charge is -2.41. The molecule has 1 aliphatic carbocycles. The van der Waals surface area contributed by atoms with Crippen molar-refractivity contribution < 1.29 is 14.3 Å². The second kappa shape index (κ2) is 8.77. The normalized spacial score (nSPS) is 29.9. The molecule has 1 saturated carbocycles. The van der Waals surface area contributed by atoms with E-state index in [1.807, 2.05) is 43.3 Å². The van der Waals surface area contributed by atoms with E-state index in [4.69, 9.17) is 27.9 Å². The van der Waals surface area contributed by atoms with E-state index in [1.54, 1.807) is 0 Å². The van der Waals surface area contributed by atoms with E-state index < -0.39 is 5.54 Å². The van der Waals surface area contributed by atoms with Crippen molar-refractivity contribution in [2.75, 3.05) is 31.6 Å². The minimum Gasteiger partial charge on any atom is -0.465 e. The zero-order valence-electron chi connectivity index (χ0n) is 19.7. The molecule has 3 fully saturated rings. The fourth-order valence-electron chi connectivity index (χ4n) is 6.76. The lowest BCUT2D eigenvalue weighted by Crippen LogP contribution is -2.53. The molecule has 0 bridgehead atoms. The van der Waals surface area contributed by atoms with Crippen LogP contribution in [0.5, 0.6) is 0 Å². The van der Waals surface area contributed by atoms with Gasteiger partial charge >= 0.3 is 5.97 Å². The second-order valence-corrected chi connectivity index (χ2v) is 11.0. The summed E-state index contributed by atoms with van der Waals surface area (Å²) < 4.78 is 5.31. The van der Waals surface area contributed by atoms with E-state index in [1.165, 1.54) is 12.8 Å². The van der Waals surface area contributed by atoms with Crippen LogP contribution in [-0.2, 0) is 19.9 Å². The van der Waals surface area contributed by atoms with E-state index in [9.17, 15) is 9.59 Å². The number of benzene rings is 2. The van der Waals surface area contributed by atoms with Gasteiger partial charge in [0.1, 0.15) is 5.54 Å². The van der Waals surface area contributed by atoms with Crippen LogP contribution in [0.15, 0.2) is 42.5 Å². The molecule has 6 nitrogen and oxygen atoms in total. The number of nitrogens with zero attached hydrogens (tertiary/aromatic N) is 2. The van der Waals surface area contributed by atoms with Crippen LogP contribution in [0.25, 0.3) is 0 Å². The summed E-state index contributed by atoms with van der Waals surface area (Å²) in [6, 6.07) is 13.7. The number of halogens is 2. The van der Waals surface area contributed by atoms with Crippen LogP contribution in [0.1, 0.15) is 43.2 Å². The van der Waals surface area contributed by atoms with Crippen molar-refractivity contribution in [3.63, 3.8) is 0 Å². The Hall–Kier alpha value is -2.12. The maximum Gasteiger partial charge on any atom is 0.320 e. The van der Waals surface area contributed by atoms with Gasteiger partial charge in [-0.1, -0.05) is 41.4 Å². The van der Waals surface area contributed by atoms with E-state index in [2.05, 4.69) is 21.2 Å². The fourth-order valence-corrected chi connectivity index (χ4v) is 7.13. The smallest absolute Gasteiger partial charge is 0.320 e. The molecule has 6 rings (SSSR count). The molecule has 4 atom stereocenters. The largest absolute Gasteiger partial charge is 0.465 e. The van der Waals surface area contributed by atoms with Gasteiger partial charge in [-0.05, 0) is 61.9 Å². The third-order valence-corrected chi connectivity index (χ3v) is 8.63.